The summed E-state index contributed by atoms with van der Waals surface area (Å²) in [6, 6.07) is 22.8. The number of thioether (sulfide) groups is 1. The smallest absolute Gasteiger partial charge is 0.418 e. The standard InChI is InChI=1S/C35H32F3N3O6S/c1-21(32(42)40-27-16-9-8-15-26(27)35(36,37)38)48-25-14-10-13-24(19-25)39-34(44)28(41-33(43)22-11-6-5-7-12-22)17-23-18-30(46-3)31(47-4)20-29(23)45-2/h5-21H,1-4H3,(H,39,44)(H,40,42)(H,41,43)/b28-17+. The first kappa shape index (κ1) is 35.4. The third-order valence-electron chi connectivity index (χ3n) is 6.83. The Hall–Kier alpha value is -5.43. The zero-order valence-electron chi connectivity index (χ0n) is 26.3. The van der Waals surface area contributed by atoms with E-state index in [9.17, 15) is 27.6 Å². The van der Waals surface area contributed by atoms with E-state index in [2.05, 4.69) is 16.0 Å². The maximum Gasteiger partial charge on any atom is 0.418 e. The topological polar surface area (TPSA) is 115 Å². The van der Waals surface area contributed by atoms with Crippen LogP contribution in [0.2, 0.25) is 0 Å². The number of amides is 3. The second-order valence-corrected chi connectivity index (χ2v) is 11.5. The van der Waals surface area contributed by atoms with Crippen molar-refractivity contribution in [3.63, 3.8) is 0 Å². The fraction of sp³-hybridized carbons (Fsp3) is 0.171. The molecule has 4 aromatic carbocycles. The van der Waals surface area contributed by atoms with E-state index in [0.717, 1.165) is 17.8 Å². The van der Waals surface area contributed by atoms with Gasteiger partial charge in [-0.3, -0.25) is 14.4 Å². The summed E-state index contributed by atoms with van der Waals surface area (Å²) < 4.78 is 56.4. The number of carbonyl (C=O) groups is 3. The summed E-state index contributed by atoms with van der Waals surface area (Å²) in [5.74, 6) is -0.740. The van der Waals surface area contributed by atoms with Gasteiger partial charge in [0.25, 0.3) is 11.8 Å². The Morgan fingerprint density at radius 3 is 2.08 bits per heavy atom. The SMILES string of the molecule is COc1cc(OC)c(OC)cc1/C=C(/NC(=O)c1ccccc1)C(=O)Nc1cccc(SC(C)C(=O)Nc2ccccc2C(F)(F)F)c1. The maximum absolute atomic E-state index is 13.7. The average Bonchev–Trinajstić information content (AvgIpc) is 3.07. The molecule has 0 aliphatic carbocycles. The molecule has 3 N–H and O–H groups in total. The van der Waals surface area contributed by atoms with E-state index >= 15 is 0 Å². The molecule has 4 rings (SSSR count). The zero-order valence-corrected chi connectivity index (χ0v) is 27.1. The summed E-state index contributed by atoms with van der Waals surface area (Å²) in [6.07, 6.45) is -3.20. The van der Waals surface area contributed by atoms with Gasteiger partial charge in [0.15, 0.2) is 11.5 Å². The van der Waals surface area contributed by atoms with Crippen LogP contribution in [0.1, 0.15) is 28.4 Å². The van der Waals surface area contributed by atoms with Gasteiger partial charge in [-0.2, -0.15) is 13.2 Å². The number of hydrogen-bond acceptors (Lipinski definition) is 7. The number of rotatable bonds is 12. The van der Waals surface area contributed by atoms with Gasteiger partial charge in [0, 0.05) is 27.8 Å². The molecule has 13 heteroatoms. The molecule has 9 nitrogen and oxygen atoms in total. The number of hydrogen-bond donors (Lipinski definition) is 3. The lowest BCUT2D eigenvalue weighted by Crippen LogP contribution is -2.30. The van der Waals surface area contributed by atoms with E-state index in [1.807, 2.05) is 0 Å². The lowest BCUT2D eigenvalue weighted by Gasteiger charge is -2.17. The number of para-hydroxylation sites is 1. The predicted molar refractivity (Wildman–Crippen MR) is 178 cm³/mol. The molecule has 0 fully saturated rings. The Labute approximate surface area is 279 Å². The molecule has 0 aliphatic rings. The molecule has 0 spiro atoms. The number of anilines is 2. The van der Waals surface area contributed by atoms with Crippen molar-refractivity contribution >= 4 is 46.9 Å². The van der Waals surface area contributed by atoms with Gasteiger partial charge < -0.3 is 30.2 Å². The Morgan fingerprint density at radius 2 is 1.42 bits per heavy atom. The Kier molecular flexibility index (Phi) is 11.7. The summed E-state index contributed by atoms with van der Waals surface area (Å²) >= 11 is 1.09. The molecule has 0 bridgehead atoms. The van der Waals surface area contributed by atoms with E-state index in [0.29, 0.717) is 39.0 Å². The third kappa shape index (κ3) is 9.10. The zero-order chi connectivity index (χ0) is 34.8. The van der Waals surface area contributed by atoms with Crippen LogP contribution in [0, 0.1) is 0 Å². The number of benzene rings is 4. The monoisotopic (exact) mass is 679 g/mol. The Bertz CT molecular complexity index is 1820. The molecule has 0 aliphatic heterocycles. The first-order chi connectivity index (χ1) is 22.9. The van der Waals surface area contributed by atoms with Crippen LogP contribution in [0.4, 0.5) is 24.5 Å². The van der Waals surface area contributed by atoms with E-state index in [4.69, 9.17) is 14.2 Å². The minimum atomic E-state index is -4.63. The van der Waals surface area contributed by atoms with E-state index < -0.39 is 34.7 Å². The van der Waals surface area contributed by atoms with E-state index in [1.165, 1.54) is 45.6 Å². The number of methoxy groups -OCH3 is 3. The van der Waals surface area contributed by atoms with Gasteiger partial charge in [-0.05, 0) is 61.5 Å². The van der Waals surface area contributed by atoms with Crippen LogP contribution in [0.15, 0.2) is 102 Å². The molecule has 0 radical (unpaired) electrons. The van der Waals surface area contributed by atoms with Crippen molar-refractivity contribution in [1.29, 1.82) is 0 Å². The largest absolute Gasteiger partial charge is 0.496 e. The number of alkyl halides is 3. The highest BCUT2D eigenvalue weighted by Gasteiger charge is 2.34. The van der Waals surface area contributed by atoms with Crippen LogP contribution in [0.3, 0.4) is 0 Å². The molecule has 250 valence electrons. The summed E-state index contributed by atoms with van der Waals surface area (Å²) in [4.78, 5) is 40.2. The van der Waals surface area contributed by atoms with Crippen molar-refractivity contribution < 1.29 is 41.8 Å². The number of nitrogens with one attached hydrogen (secondary N) is 3. The molecule has 0 saturated carbocycles. The number of carbonyl (C=O) groups excluding carboxylic acids is 3. The maximum atomic E-state index is 13.7. The lowest BCUT2D eigenvalue weighted by atomic mass is 10.1. The van der Waals surface area contributed by atoms with Crippen LogP contribution in [0.5, 0.6) is 17.2 Å². The van der Waals surface area contributed by atoms with Crippen LogP contribution < -0.4 is 30.2 Å². The number of halogens is 3. The summed E-state index contributed by atoms with van der Waals surface area (Å²) in [7, 11) is 4.37. The fourth-order valence-electron chi connectivity index (χ4n) is 4.44. The quantitative estimate of drug-likeness (QED) is 0.107. The highest BCUT2D eigenvalue weighted by molar-refractivity contribution is 8.00. The molecule has 4 aromatic rings. The first-order valence-corrected chi connectivity index (χ1v) is 15.2. The molecule has 1 unspecified atom stereocenters. The van der Waals surface area contributed by atoms with Crippen molar-refractivity contribution in [2.24, 2.45) is 0 Å². The van der Waals surface area contributed by atoms with Crippen molar-refractivity contribution in [1.82, 2.24) is 5.32 Å². The van der Waals surface area contributed by atoms with Crippen LogP contribution in [-0.4, -0.2) is 44.3 Å². The first-order valence-electron chi connectivity index (χ1n) is 14.4. The normalized spacial score (nSPS) is 12.0. The van der Waals surface area contributed by atoms with Crippen molar-refractivity contribution in [2.75, 3.05) is 32.0 Å². The van der Waals surface area contributed by atoms with E-state index in [-0.39, 0.29) is 11.4 Å². The fourth-order valence-corrected chi connectivity index (χ4v) is 5.37. The molecular weight excluding hydrogens is 647 g/mol. The third-order valence-corrected chi connectivity index (χ3v) is 7.92. The van der Waals surface area contributed by atoms with Gasteiger partial charge in [-0.25, -0.2) is 0 Å². The second kappa shape index (κ2) is 15.9. The average molecular weight is 680 g/mol. The number of ether oxygens (including phenoxy) is 3. The van der Waals surface area contributed by atoms with Crippen molar-refractivity contribution in [3.05, 3.63) is 113 Å². The molecule has 3 amide bonds. The van der Waals surface area contributed by atoms with Crippen LogP contribution in [0.25, 0.3) is 6.08 Å². The Morgan fingerprint density at radius 1 is 0.771 bits per heavy atom. The van der Waals surface area contributed by atoms with Crippen molar-refractivity contribution in [2.45, 2.75) is 23.2 Å². The van der Waals surface area contributed by atoms with Crippen LogP contribution >= 0.6 is 11.8 Å². The Balaban J connectivity index is 1.57. The summed E-state index contributed by atoms with van der Waals surface area (Å²) in [5, 5.41) is 6.98. The molecule has 1 atom stereocenters. The highest BCUT2D eigenvalue weighted by atomic mass is 32.2. The van der Waals surface area contributed by atoms with Crippen LogP contribution in [-0.2, 0) is 15.8 Å². The second-order valence-electron chi connectivity index (χ2n) is 10.1. The predicted octanol–water partition coefficient (Wildman–Crippen LogP) is 7.26. The molecule has 0 saturated heterocycles. The molecule has 0 aromatic heterocycles. The van der Waals surface area contributed by atoms with Gasteiger partial charge in [0.1, 0.15) is 11.4 Å². The molecule has 0 heterocycles. The summed E-state index contributed by atoms with van der Waals surface area (Å²) in [6.45, 7) is 1.55. The molecule has 48 heavy (non-hydrogen) atoms. The van der Waals surface area contributed by atoms with Gasteiger partial charge in [-0.15, -0.1) is 11.8 Å². The van der Waals surface area contributed by atoms with E-state index in [1.54, 1.807) is 73.7 Å². The summed E-state index contributed by atoms with van der Waals surface area (Å²) in [5.41, 5.74) is -0.354. The van der Waals surface area contributed by atoms with Gasteiger partial charge in [0.2, 0.25) is 5.91 Å². The van der Waals surface area contributed by atoms with Gasteiger partial charge >= 0.3 is 6.18 Å². The highest BCUT2D eigenvalue weighted by Crippen LogP contribution is 2.37. The van der Waals surface area contributed by atoms with Crippen molar-refractivity contribution in [3.8, 4) is 17.2 Å². The minimum Gasteiger partial charge on any atom is -0.496 e. The van der Waals surface area contributed by atoms with Gasteiger partial charge in [-0.1, -0.05) is 36.4 Å². The lowest BCUT2D eigenvalue weighted by molar-refractivity contribution is -0.137. The van der Waals surface area contributed by atoms with Gasteiger partial charge in [0.05, 0.1) is 37.8 Å². The minimum absolute atomic E-state index is 0.122. The molecular formula is C35H32F3N3O6S.